The average molecular weight is 370 g/mol. The molecule has 0 radical (unpaired) electrons. The van der Waals surface area contributed by atoms with Crippen LogP contribution in [0.3, 0.4) is 0 Å². The lowest BCUT2D eigenvalue weighted by molar-refractivity contribution is -0.153. The number of aryl methyl sites for hydroxylation is 1. The van der Waals surface area contributed by atoms with Crippen molar-refractivity contribution in [3.8, 4) is 0 Å². The molecule has 0 unspecified atom stereocenters. The molecule has 138 valence electrons. The molecule has 0 saturated heterocycles. The molecule has 0 spiro atoms. The van der Waals surface area contributed by atoms with Gasteiger partial charge in [-0.25, -0.2) is 5.06 Å². The predicted molar refractivity (Wildman–Crippen MR) is 109 cm³/mol. The van der Waals surface area contributed by atoms with E-state index in [2.05, 4.69) is 36.4 Å². The number of nitrogens with zero attached hydrogens (tertiary/aromatic N) is 1. The normalized spacial score (nSPS) is 11.0. The van der Waals surface area contributed by atoms with Gasteiger partial charge in [0.15, 0.2) is 0 Å². The zero-order chi connectivity index (χ0) is 18.6. The predicted octanol–water partition coefficient (Wildman–Crippen LogP) is 5.44. The molecule has 0 aliphatic heterocycles. The molecule has 4 heteroatoms. The average Bonchev–Trinajstić information content (AvgIpc) is 2.66. The molecule has 1 N–H and O–H groups in total. The van der Waals surface area contributed by atoms with Crippen LogP contribution in [0.1, 0.15) is 36.8 Å². The van der Waals surface area contributed by atoms with Crippen LogP contribution in [0.4, 0.5) is 0 Å². The van der Waals surface area contributed by atoms with Crippen molar-refractivity contribution in [3.63, 3.8) is 0 Å². The van der Waals surface area contributed by atoms with E-state index >= 15 is 0 Å². The first-order chi connectivity index (χ1) is 12.7. The summed E-state index contributed by atoms with van der Waals surface area (Å²) in [4.78, 5) is 12.6. The summed E-state index contributed by atoms with van der Waals surface area (Å²) in [7, 11) is 1.32. The quantitative estimate of drug-likeness (QED) is 0.199. The number of benzene rings is 2. The number of thioether (sulfide) groups is 1. The molecule has 1 amide bonds. The molecule has 0 bridgehead atoms. The summed E-state index contributed by atoms with van der Waals surface area (Å²) in [5.41, 5.74) is 2.43. The molecule has 0 aliphatic carbocycles. The molecule has 2 aromatic rings. The van der Waals surface area contributed by atoms with Crippen molar-refractivity contribution in [2.24, 2.45) is 0 Å². The Morgan fingerprint density at radius 1 is 1.00 bits per heavy atom. The molecular weight excluding hydrogens is 342 g/mol. The van der Waals surface area contributed by atoms with E-state index < -0.39 is 5.91 Å². The maximum absolute atomic E-state index is 11.5. The number of rotatable bonds is 10. The summed E-state index contributed by atoms with van der Waals surface area (Å²) in [5.74, 6) is 0.646. The number of hydrogen-bond acceptors (Lipinski definition) is 3. The lowest BCUT2D eigenvalue weighted by atomic mass is 10.1. The van der Waals surface area contributed by atoms with Gasteiger partial charge >= 0.3 is 0 Å². The number of amides is 1. The molecule has 0 aromatic heterocycles. The van der Waals surface area contributed by atoms with Gasteiger partial charge in [0.1, 0.15) is 0 Å². The number of carbonyl (C=O) groups excluding carboxylic acids is 1. The van der Waals surface area contributed by atoms with Gasteiger partial charge in [0.2, 0.25) is 0 Å². The molecular formula is C22H27NO2S. The van der Waals surface area contributed by atoms with E-state index in [0.29, 0.717) is 5.06 Å². The van der Waals surface area contributed by atoms with E-state index in [1.54, 1.807) is 6.08 Å². The van der Waals surface area contributed by atoms with Crippen LogP contribution in [-0.2, 0) is 11.2 Å². The van der Waals surface area contributed by atoms with Crippen molar-refractivity contribution in [1.82, 2.24) is 5.06 Å². The summed E-state index contributed by atoms with van der Waals surface area (Å²) < 4.78 is 0. The van der Waals surface area contributed by atoms with Crippen molar-refractivity contribution >= 4 is 23.7 Å². The zero-order valence-corrected chi connectivity index (χ0v) is 16.1. The highest BCUT2D eigenvalue weighted by atomic mass is 32.2. The first-order valence-electron chi connectivity index (χ1n) is 9.07. The first kappa shape index (κ1) is 20.3. The van der Waals surface area contributed by atoms with E-state index in [1.165, 1.54) is 49.3 Å². The van der Waals surface area contributed by atoms with Crippen molar-refractivity contribution in [3.05, 3.63) is 71.8 Å². The van der Waals surface area contributed by atoms with Crippen LogP contribution in [0.15, 0.2) is 65.6 Å². The van der Waals surface area contributed by atoms with E-state index in [9.17, 15) is 4.79 Å². The fourth-order valence-corrected chi connectivity index (χ4v) is 3.68. The summed E-state index contributed by atoms with van der Waals surface area (Å²) in [6.07, 6.45) is 9.25. The Bertz CT molecular complexity index is 698. The van der Waals surface area contributed by atoms with Gasteiger partial charge in [0.25, 0.3) is 5.91 Å². The third kappa shape index (κ3) is 7.46. The number of unbranched alkanes of at least 4 members (excludes halogenated alkanes) is 3. The smallest absolute Gasteiger partial charge is 0.269 e. The molecule has 0 heterocycles. The van der Waals surface area contributed by atoms with E-state index in [0.717, 1.165) is 17.7 Å². The lowest BCUT2D eigenvalue weighted by Gasteiger charge is -2.07. The van der Waals surface area contributed by atoms with Crippen LogP contribution in [0.2, 0.25) is 0 Å². The lowest BCUT2D eigenvalue weighted by Crippen LogP contribution is -2.19. The van der Waals surface area contributed by atoms with Gasteiger partial charge in [0.05, 0.1) is 0 Å². The molecule has 26 heavy (non-hydrogen) atoms. The van der Waals surface area contributed by atoms with Gasteiger partial charge < -0.3 is 0 Å². The Hall–Kier alpha value is -2.04. The topological polar surface area (TPSA) is 40.5 Å². The Labute approximate surface area is 160 Å². The van der Waals surface area contributed by atoms with Gasteiger partial charge in [-0.05, 0) is 48.3 Å². The monoisotopic (exact) mass is 369 g/mol. The second-order valence-electron chi connectivity index (χ2n) is 6.23. The molecule has 0 atom stereocenters. The molecule has 0 saturated carbocycles. The molecule has 2 rings (SSSR count). The number of hydrogen-bond donors (Lipinski definition) is 1. The van der Waals surface area contributed by atoms with Crippen LogP contribution >= 0.6 is 11.8 Å². The van der Waals surface area contributed by atoms with Gasteiger partial charge in [-0.1, -0.05) is 61.4 Å². The van der Waals surface area contributed by atoms with Crippen LogP contribution < -0.4 is 0 Å². The first-order valence-corrected chi connectivity index (χ1v) is 10.1. The Balaban J connectivity index is 1.68. The molecule has 0 fully saturated rings. The Morgan fingerprint density at radius 2 is 1.69 bits per heavy atom. The Kier molecular flexibility index (Phi) is 9.01. The van der Waals surface area contributed by atoms with Gasteiger partial charge in [-0.15, -0.1) is 11.8 Å². The van der Waals surface area contributed by atoms with Crippen LogP contribution in [0, 0.1) is 0 Å². The minimum Gasteiger partial charge on any atom is -0.286 e. The zero-order valence-electron chi connectivity index (χ0n) is 15.3. The third-order valence-electron chi connectivity index (χ3n) is 4.10. The van der Waals surface area contributed by atoms with Crippen molar-refractivity contribution in [2.75, 3.05) is 12.8 Å². The molecule has 2 aromatic carbocycles. The van der Waals surface area contributed by atoms with Crippen molar-refractivity contribution in [2.45, 2.75) is 37.0 Å². The molecule has 3 nitrogen and oxygen atoms in total. The Morgan fingerprint density at radius 3 is 2.46 bits per heavy atom. The number of hydroxylamine groups is 2. The fourth-order valence-electron chi connectivity index (χ4n) is 2.63. The highest BCUT2D eigenvalue weighted by molar-refractivity contribution is 7.99. The minimum absolute atomic E-state index is 0.428. The molecule has 0 aliphatic rings. The minimum atomic E-state index is -0.428. The summed E-state index contributed by atoms with van der Waals surface area (Å²) in [6, 6.07) is 18.7. The largest absolute Gasteiger partial charge is 0.286 e. The second kappa shape index (κ2) is 11.6. The standard InChI is InChI=1S/C22H27NO2S/c1-23(25)22(24)17-16-20-14-8-9-15-21(20)26-18-10-3-2-5-11-19-12-6-4-7-13-19/h4,6-9,12-17,25H,2-3,5,10-11,18H2,1H3. The van der Waals surface area contributed by atoms with Gasteiger partial charge in [-0.2, -0.15) is 0 Å². The SMILES string of the molecule is CN(O)C(=O)C=Cc1ccccc1SCCCCCCc1ccccc1. The fraction of sp³-hybridized carbons (Fsp3) is 0.318. The number of carbonyl (C=O) groups is 1. The summed E-state index contributed by atoms with van der Waals surface area (Å²) >= 11 is 1.82. The van der Waals surface area contributed by atoms with E-state index in [4.69, 9.17) is 5.21 Å². The van der Waals surface area contributed by atoms with Gasteiger partial charge in [0, 0.05) is 18.0 Å². The number of likely N-dealkylation sites (N-methyl/N-ethyl adjacent to an activating group) is 1. The van der Waals surface area contributed by atoms with E-state index in [1.807, 2.05) is 30.0 Å². The van der Waals surface area contributed by atoms with Crippen LogP contribution in [0.25, 0.3) is 6.08 Å². The third-order valence-corrected chi connectivity index (χ3v) is 5.28. The second-order valence-corrected chi connectivity index (χ2v) is 7.37. The highest BCUT2D eigenvalue weighted by Crippen LogP contribution is 2.25. The summed E-state index contributed by atoms with van der Waals surface area (Å²) in [5, 5.41) is 9.70. The van der Waals surface area contributed by atoms with Crippen molar-refractivity contribution < 1.29 is 10.0 Å². The summed E-state index contributed by atoms with van der Waals surface area (Å²) in [6.45, 7) is 0. The van der Waals surface area contributed by atoms with Crippen LogP contribution in [-0.4, -0.2) is 29.0 Å². The van der Waals surface area contributed by atoms with Crippen molar-refractivity contribution in [1.29, 1.82) is 0 Å². The maximum Gasteiger partial charge on any atom is 0.269 e. The van der Waals surface area contributed by atoms with Crippen LogP contribution in [0.5, 0.6) is 0 Å². The highest BCUT2D eigenvalue weighted by Gasteiger charge is 2.03. The maximum atomic E-state index is 11.5. The van der Waals surface area contributed by atoms with Gasteiger partial charge in [-0.3, -0.25) is 10.0 Å². The van der Waals surface area contributed by atoms with E-state index in [-0.39, 0.29) is 0 Å².